The fourth-order valence-electron chi connectivity index (χ4n) is 3.23. The highest BCUT2D eigenvalue weighted by atomic mass is 35.5. The van der Waals surface area contributed by atoms with Crippen LogP contribution in [0, 0.1) is 0 Å². The monoisotopic (exact) mass is 419 g/mol. The van der Waals surface area contributed by atoms with Gasteiger partial charge in [0.2, 0.25) is 10.0 Å². The molecule has 148 valence electrons. The molecule has 0 bridgehead atoms. The van der Waals surface area contributed by atoms with E-state index in [4.69, 9.17) is 11.6 Å². The summed E-state index contributed by atoms with van der Waals surface area (Å²) in [6.45, 7) is 3.97. The van der Waals surface area contributed by atoms with Crippen molar-refractivity contribution in [2.24, 2.45) is 7.05 Å². The number of hydrogen-bond donors (Lipinski definition) is 0. The van der Waals surface area contributed by atoms with Crippen LogP contribution in [0.1, 0.15) is 32.1 Å². The summed E-state index contributed by atoms with van der Waals surface area (Å²) >= 11 is 6.00. The number of aromatic nitrogens is 2. The van der Waals surface area contributed by atoms with Gasteiger partial charge in [-0.05, 0) is 43.7 Å². The Hall–Kier alpha value is -2.22. The lowest BCUT2D eigenvalue weighted by Crippen LogP contribution is -2.37. The maximum absolute atomic E-state index is 13.2. The minimum absolute atomic E-state index is 0.216. The molecule has 0 radical (unpaired) electrons. The predicted molar refractivity (Wildman–Crippen MR) is 111 cm³/mol. The molecule has 3 rings (SSSR count). The summed E-state index contributed by atoms with van der Waals surface area (Å²) < 4.78 is 29.3. The Kier molecular flexibility index (Phi) is 5.88. The molecule has 28 heavy (non-hydrogen) atoms. The average molecular weight is 420 g/mol. The molecule has 0 aliphatic rings. The average Bonchev–Trinajstić information content (AvgIpc) is 2.69. The largest absolute Gasteiger partial charge is 0.298 e. The molecule has 0 saturated carbocycles. The number of nitrogens with zero attached hydrogens (tertiary/aromatic N) is 3. The lowest BCUT2D eigenvalue weighted by Gasteiger charge is -2.28. The minimum Gasteiger partial charge on any atom is -0.298 e. The number of fused-ring (bicyclic) bond motifs is 1. The lowest BCUT2D eigenvalue weighted by molar-refractivity contribution is 0.324. The van der Waals surface area contributed by atoms with Crippen molar-refractivity contribution in [3.8, 4) is 0 Å². The molecule has 0 spiro atoms. The van der Waals surface area contributed by atoms with Crippen molar-refractivity contribution in [3.05, 3.63) is 69.7 Å². The van der Waals surface area contributed by atoms with E-state index in [-0.39, 0.29) is 10.5 Å². The Morgan fingerprint density at radius 3 is 2.50 bits per heavy atom. The number of rotatable bonds is 6. The second-order valence-corrected chi connectivity index (χ2v) is 8.93. The summed E-state index contributed by atoms with van der Waals surface area (Å²) in [5.41, 5.74) is 0.228. The second-order valence-electron chi connectivity index (χ2n) is 6.60. The zero-order valence-corrected chi connectivity index (χ0v) is 17.5. The molecule has 8 heteroatoms. The van der Waals surface area contributed by atoms with E-state index in [1.54, 1.807) is 62.5 Å². The van der Waals surface area contributed by atoms with Crippen LogP contribution in [0.2, 0.25) is 5.02 Å². The number of hydrogen-bond acceptors (Lipinski definition) is 4. The molecule has 0 saturated heterocycles. The van der Waals surface area contributed by atoms with Gasteiger partial charge in [-0.25, -0.2) is 13.4 Å². The third-order valence-corrected chi connectivity index (χ3v) is 6.89. The molecule has 6 nitrogen and oxygen atoms in total. The maximum Gasteiger partial charge on any atom is 0.261 e. The Labute approximate surface area is 169 Å². The first-order valence-electron chi connectivity index (χ1n) is 9.00. The standard InChI is InChI=1S/C20H22ClN3O3S/c1-4-12-24(28(26,27)16-8-6-5-7-9-16)14(2)19-22-18-11-10-15(21)13-17(18)20(25)23(19)3/h5-11,13-14H,4,12H2,1-3H3. The third-order valence-electron chi connectivity index (χ3n) is 4.67. The zero-order valence-electron chi connectivity index (χ0n) is 16.0. The first kappa shape index (κ1) is 20.5. The molecule has 0 fully saturated rings. The van der Waals surface area contributed by atoms with Gasteiger partial charge in [0.15, 0.2) is 0 Å². The molecule has 1 unspecified atom stereocenters. The van der Waals surface area contributed by atoms with Crippen LogP contribution in [0.4, 0.5) is 0 Å². The van der Waals surface area contributed by atoms with Crippen LogP contribution >= 0.6 is 11.6 Å². The fraction of sp³-hybridized carbons (Fsp3) is 0.300. The first-order valence-corrected chi connectivity index (χ1v) is 10.8. The predicted octanol–water partition coefficient (Wildman–Crippen LogP) is 3.75. The Morgan fingerprint density at radius 1 is 1.18 bits per heavy atom. The van der Waals surface area contributed by atoms with Crippen molar-refractivity contribution in [2.75, 3.05) is 6.54 Å². The normalized spacial score (nSPS) is 13.2. The van der Waals surface area contributed by atoms with Crippen LogP contribution in [0.25, 0.3) is 10.9 Å². The van der Waals surface area contributed by atoms with Crippen LogP contribution in [0.15, 0.2) is 58.2 Å². The highest BCUT2D eigenvalue weighted by molar-refractivity contribution is 7.89. The van der Waals surface area contributed by atoms with Crippen molar-refractivity contribution in [2.45, 2.75) is 31.2 Å². The number of sulfonamides is 1. The summed E-state index contributed by atoms with van der Waals surface area (Å²) in [5, 5.41) is 0.852. The van der Waals surface area contributed by atoms with Crippen molar-refractivity contribution in [3.63, 3.8) is 0 Å². The minimum atomic E-state index is -3.74. The van der Waals surface area contributed by atoms with Gasteiger partial charge in [0.25, 0.3) is 5.56 Å². The summed E-state index contributed by atoms with van der Waals surface area (Å²) in [4.78, 5) is 17.6. The van der Waals surface area contributed by atoms with E-state index >= 15 is 0 Å². The summed E-state index contributed by atoms with van der Waals surface area (Å²) in [5.74, 6) is 0.382. The molecule has 0 amide bonds. The highest BCUT2D eigenvalue weighted by Gasteiger charge is 2.31. The van der Waals surface area contributed by atoms with E-state index < -0.39 is 16.1 Å². The fourth-order valence-corrected chi connectivity index (χ4v) is 5.11. The van der Waals surface area contributed by atoms with Crippen molar-refractivity contribution < 1.29 is 8.42 Å². The molecule has 0 aliphatic heterocycles. The van der Waals surface area contributed by atoms with Crippen LogP contribution in [0.5, 0.6) is 0 Å². The molecule has 3 aromatic rings. The molecular formula is C20H22ClN3O3S. The third kappa shape index (κ3) is 3.70. The topological polar surface area (TPSA) is 72.3 Å². The smallest absolute Gasteiger partial charge is 0.261 e. The van der Waals surface area contributed by atoms with Gasteiger partial charge >= 0.3 is 0 Å². The Bertz CT molecular complexity index is 1160. The van der Waals surface area contributed by atoms with Crippen LogP contribution in [-0.4, -0.2) is 28.8 Å². The SMILES string of the molecule is CCCN(C(C)c1nc2ccc(Cl)cc2c(=O)n1C)S(=O)(=O)c1ccccc1. The van der Waals surface area contributed by atoms with Gasteiger partial charge in [-0.15, -0.1) is 0 Å². The van der Waals surface area contributed by atoms with Crippen molar-refractivity contribution in [1.29, 1.82) is 0 Å². The summed E-state index contributed by atoms with van der Waals surface area (Å²) in [6.07, 6.45) is 0.632. The molecule has 1 heterocycles. The molecule has 0 aliphatic carbocycles. The van der Waals surface area contributed by atoms with E-state index in [0.717, 1.165) is 0 Å². The van der Waals surface area contributed by atoms with Crippen LogP contribution in [-0.2, 0) is 17.1 Å². The van der Waals surface area contributed by atoms with E-state index in [1.165, 1.54) is 8.87 Å². The van der Waals surface area contributed by atoms with E-state index in [1.807, 2.05) is 6.92 Å². The second kappa shape index (κ2) is 8.03. The Morgan fingerprint density at radius 2 is 1.86 bits per heavy atom. The molecule has 2 aromatic carbocycles. The zero-order chi connectivity index (χ0) is 20.5. The maximum atomic E-state index is 13.2. The van der Waals surface area contributed by atoms with Crippen LogP contribution in [0.3, 0.4) is 0 Å². The van der Waals surface area contributed by atoms with E-state index in [2.05, 4.69) is 4.98 Å². The van der Waals surface area contributed by atoms with Gasteiger partial charge in [-0.1, -0.05) is 36.7 Å². The number of benzene rings is 2. The highest BCUT2D eigenvalue weighted by Crippen LogP contribution is 2.27. The summed E-state index contributed by atoms with van der Waals surface area (Å²) in [7, 11) is -2.15. The van der Waals surface area contributed by atoms with Gasteiger partial charge < -0.3 is 0 Å². The quantitative estimate of drug-likeness (QED) is 0.610. The van der Waals surface area contributed by atoms with E-state index in [0.29, 0.717) is 34.7 Å². The van der Waals surface area contributed by atoms with Crippen molar-refractivity contribution in [1.82, 2.24) is 13.9 Å². The summed E-state index contributed by atoms with van der Waals surface area (Å²) in [6, 6.07) is 12.6. The van der Waals surface area contributed by atoms with Gasteiger partial charge in [0, 0.05) is 18.6 Å². The van der Waals surface area contributed by atoms with E-state index in [9.17, 15) is 13.2 Å². The van der Waals surface area contributed by atoms with Gasteiger partial charge in [-0.3, -0.25) is 9.36 Å². The van der Waals surface area contributed by atoms with Gasteiger partial charge in [0.1, 0.15) is 5.82 Å². The lowest BCUT2D eigenvalue weighted by atomic mass is 10.2. The first-order chi connectivity index (χ1) is 13.3. The van der Waals surface area contributed by atoms with Gasteiger partial charge in [-0.2, -0.15) is 4.31 Å². The molecule has 0 N–H and O–H groups in total. The molecule has 1 aromatic heterocycles. The van der Waals surface area contributed by atoms with Crippen LogP contribution < -0.4 is 5.56 Å². The molecule has 1 atom stereocenters. The van der Waals surface area contributed by atoms with Crippen molar-refractivity contribution >= 4 is 32.5 Å². The number of halogens is 1. The molecular weight excluding hydrogens is 398 g/mol. The van der Waals surface area contributed by atoms with Gasteiger partial charge in [0.05, 0.1) is 21.8 Å². The Balaban J connectivity index is 2.15.